The van der Waals surface area contributed by atoms with Crippen molar-refractivity contribution in [3.63, 3.8) is 0 Å². The van der Waals surface area contributed by atoms with Gasteiger partial charge in [-0.1, -0.05) is 23.7 Å². The summed E-state index contributed by atoms with van der Waals surface area (Å²) in [5, 5.41) is 4.36. The van der Waals surface area contributed by atoms with Crippen LogP contribution in [0, 0.1) is 0 Å². The van der Waals surface area contributed by atoms with Crippen LogP contribution in [-0.4, -0.2) is 37.0 Å². The van der Waals surface area contributed by atoms with E-state index in [1.54, 1.807) is 0 Å². The van der Waals surface area contributed by atoms with Gasteiger partial charge >= 0.3 is 0 Å². The molecule has 1 heterocycles. The van der Waals surface area contributed by atoms with Crippen molar-refractivity contribution in [3.8, 4) is 0 Å². The highest BCUT2D eigenvalue weighted by Crippen LogP contribution is 2.37. The molecule has 0 amide bonds. The summed E-state index contributed by atoms with van der Waals surface area (Å²) in [7, 11) is 2.09. The zero-order valence-corrected chi connectivity index (χ0v) is 14.1. The molecule has 2 aliphatic rings. The number of nitrogens with zero attached hydrogens (tertiary/aromatic N) is 2. The average molecular weight is 392 g/mol. The normalized spacial score (nSPS) is 25.4. The number of hydrogen-bond donors (Lipinski definition) is 1. The maximum absolute atomic E-state index is 6.02. The highest BCUT2D eigenvalue weighted by atomic mass is 127. The van der Waals surface area contributed by atoms with Crippen molar-refractivity contribution in [2.45, 2.75) is 24.8 Å². The van der Waals surface area contributed by atoms with Crippen molar-refractivity contribution in [1.29, 1.82) is 0 Å². The number of aliphatic imine (C=N–C) groups is 1. The summed E-state index contributed by atoms with van der Waals surface area (Å²) < 4.78 is 0. The Kier molecular flexibility index (Phi) is 4.95. The van der Waals surface area contributed by atoms with Gasteiger partial charge in [0.25, 0.3) is 0 Å². The molecule has 3 rings (SSSR count). The SMILES string of the molecule is CN1CCN=C1NC1CC(c2cccc(Cl)c2)C1.I. The highest BCUT2D eigenvalue weighted by molar-refractivity contribution is 14.0. The van der Waals surface area contributed by atoms with Gasteiger partial charge in [0.1, 0.15) is 0 Å². The molecule has 1 saturated carbocycles. The topological polar surface area (TPSA) is 27.6 Å². The van der Waals surface area contributed by atoms with Gasteiger partial charge in [0.2, 0.25) is 0 Å². The molecule has 1 N–H and O–H groups in total. The molecular formula is C14H19ClIN3. The van der Waals surface area contributed by atoms with Crippen molar-refractivity contribution in [1.82, 2.24) is 10.2 Å². The van der Waals surface area contributed by atoms with Gasteiger partial charge in [-0.2, -0.15) is 0 Å². The van der Waals surface area contributed by atoms with Crippen LogP contribution in [0.5, 0.6) is 0 Å². The van der Waals surface area contributed by atoms with Crippen molar-refractivity contribution in [2.75, 3.05) is 20.1 Å². The monoisotopic (exact) mass is 391 g/mol. The van der Waals surface area contributed by atoms with E-state index in [1.807, 2.05) is 12.1 Å². The van der Waals surface area contributed by atoms with E-state index >= 15 is 0 Å². The molecule has 0 saturated heterocycles. The second-order valence-corrected chi connectivity index (χ2v) is 5.63. The average Bonchev–Trinajstić information content (AvgIpc) is 2.69. The third-order valence-corrected chi connectivity index (χ3v) is 4.09. The first kappa shape index (κ1) is 14.9. The number of rotatable bonds is 2. The Morgan fingerprint density at radius 1 is 1.37 bits per heavy atom. The van der Waals surface area contributed by atoms with Crippen LogP contribution in [0.25, 0.3) is 0 Å². The minimum atomic E-state index is 0. The third kappa shape index (κ3) is 3.34. The lowest BCUT2D eigenvalue weighted by Crippen LogP contribution is -2.47. The van der Waals surface area contributed by atoms with Crippen molar-refractivity contribution in [3.05, 3.63) is 34.9 Å². The van der Waals surface area contributed by atoms with Gasteiger partial charge < -0.3 is 10.2 Å². The van der Waals surface area contributed by atoms with Crippen LogP contribution in [0.15, 0.2) is 29.3 Å². The minimum absolute atomic E-state index is 0. The first-order valence-electron chi connectivity index (χ1n) is 6.50. The van der Waals surface area contributed by atoms with Crippen LogP contribution >= 0.6 is 35.6 Å². The van der Waals surface area contributed by atoms with E-state index in [2.05, 4.69) is 34.4 Å². The van der Waals surface area contributed by atoms with Crippen LogP contribution in [0.4, 0.5) is 0 Å². The van der Waals surface area contributed by atoms with Gasteiger partial charge in [-0.25, -0.2) is 0 Å². The lowest BCUT2D eigenvalue weighted by Gasteiger charge is -2.37. The number of benzene rings is 1. The highest BCUT2D eigenvalue weighted by Gasteiger charge is 2.31. The second kappa shape index (κ2) is 6.31. The predicted octanol–water partition coefficient (Wildman–Crippen LogP) is 3.10. The lowest BCUT2D eigenvalue weighted by atomic mass is 9.76. The Bertz CT molecular complexity index is 472. The minimum Gasteiger partial charge on any atom is -0.353 e. The summed E-state index contributed by atoms with van der Waals surface area (Å²) in [6, 6.07) is 8.79. The number of hydrogen-bond acceptors (Lipinski definition) is 3. The molecule has 0 bridgehead atoms. The van der Waals surface area contributed by atoms with E-state index in [4.69, 9.17) is 11.6 Å². The maximum atomic E-state index is 6.02. The van der Waals surface area contributed by atoms with Crippen LogP contribution in [0.1, 0.15) is 24.3 Å². The quantitative estimate of drug-likeness (QED) is 0.785. The summed E-state index contributed by atoms with van der Waals surface area (Å²) in [4.78, 5) is 6.65. The van der Waals surface area contributed by atoms with E-state index in [1.165, 1.54) is 18.4 Å². The summed E-state index contributed by atoms with van der Waals surface area (Å²) in [5.41, 5.74) is 1.36. The fourth-order valence-electron chi connectivity index (χ4n) is 2.64. The molecule has 1 fully saturated rings. The van der Waals surface area contributed by atoms with Crippen LogP contribution < -0.4 is 5.32 Å². The number of halogens is 2. The largest absolute Gasteiger partial charge is 0.353 e. The van der Waals surface area contributed by atoms with Crippen LogP contribution in [0.2, 0.25) is 5.02 Å². The number of nitrogens with one attached hydrogen (secondary N) is 1. The lowest BCUT2D eigenvalue weighted by molar-refractivity contribution is 0.316. The van der Waals surface area contributed by atoms with Gasteiger partial charge in [-0.3, -0.25) is 4.99 Å². The number of guanidine groups is 1. The summed E-state index contributed by atoms with van der Waals surface area (Å²) in [5.74, 6) is 1.71. The molecule has 0 unspecified atom stereocenters. The Labute approximate surface area is 136 Å². The molecule has 0 spiro atoms. The zero-order chi connectivity index (χ0) is 12.5. The third-order valence-electron chi connectivity index (χ3n) is 3.85. The van der Waals surface area contributed by atoms with Gasteiger partial charge in [-0.15, -0.1) is 24.0 Å². The second-order valence-electron chi connectivity index (χ2n) is 5.19. The van der Waals surface area contributed by atoms with Crippen molar-refractivity contribution < 1.29 is 0 Å². The molecule has 5 heteroatoms. The summed E-state index contributed by atoms with van der Waals surface area (Å²) in [6.45, 7) is 1.95. The van der Waals surface area contributed by atoms with E-state index in [9.17, 15) is 0 Å². The maximum Gasteiger partial charge on any atom is 0.194 e. The van der Waals surface area contributed by atoms with Gasteiger partial charge in [-0.05, 0) is 36.5 Å². The first-order valence-corrected chi connectivity index (χ1v) is 6.88. The molecule has 3 nitrogen and oxygen atoms in total. The van der Waals surface area contributed by atoms with Crippen molar-refractivity contribution >= 4 is 41.5 Å². The molecular weight excluding hydrogens is 373 g/mol. The van der Waals surface area contributed by atoms with Gasteiger partial charge in [0.05, 0.1) is 6.54 Å². The van der Waals surface area contributed by atoms with E-state index in [0.29, 0.717) is 12.0 Å². The molecule has 19 heavy (non-hydrogen) atoms. The molecule has 1 aliphatic carbocycles. The fourth-order valence-corrected chi connectivity index (χ4v) is 2.84. The van der Waals surface area contributed by atoms with Crippen molar-refractivity contribution in [2.24, 2.45) is 4.99 Å². The van der Waals surface area contributed by atoms with Crippen LogP contribution in [0.3, 0.4) is 0 Å². The van der Waals surface area contributed by atoms with Gasteiger partial charge in [0.15, 0.2) is 5.96 Å². The first-order chi connectivity index (χ1) is 8.72. The van der Waals surface area contributed by atoms with Gasteiger partial charge in [0, 0.05) is 24.7 Å². The Hall–Kier alpha value is -0.490. The van der Waals surface area contributed by atoms with E-state index in [-0.39, 0.29) is 24.0 Å². The Balaban J connectivity index is 0.00000133. The van der Waals surface area contributed by atoms with Crippen LogP contribution in [-0.2, 0) is 0 Å². The predicted molar refractivity (Wildman–Crippen MR) is 90.7 cm³/mol. The molecule has 1 aromatic carbocycles. The molecule has 0 aromatic heterocycles. The molecule has 1 aromatic rings. The summed E-state index contributed by atoms with van der Waals surface area (Å²) in [6.07, 6.45) is 2.35. The van der Waals surface area contributed by atoms with E-state index < -0.39 is 0 Å². The molecule has 1 aliphatic heterocycles. The Morgan fingerprint density at radius 3 is 2.79 bits per heavy atom. The smallest absolute Gasteiger partial charge is 0.194 e. The van der Waals surface area contributed by atoms with E-state index in [0.717, 1.165) is 24.1 Å². The summed E-state index contributed by atoms with van der Waals surface area (Å²) >= 11 is 6.02. The Morgan fingerprint density at radius 2 is 2.16 bits per heavy atom. The molecule has 104 valence electrons. The zero-order valence-electron chi connectivity index (χ0n) is 11.0. The standard InChI is InChI=1S/C14H18ClN3.HI/c1-18-6-5-16-14(18)17-13-8-11(9-13)10-3-2-4-12(15)7-10;/h2-4,7,11,13H,5-6,8-9H2,1H3,(H,16,17);1H. The fraction of sp³-hybridized carbons (Fsp3) is 0.500. The number of likely N-dealkylation sites (N-methyl/N-ethyl adjacent to an activating group) is 1. The molecule has 0 atom stereocenters. The molecule has 0 radical (unpaired) electrons.